The van der Waals surface area contributed by atoms with Crippen LogP contribution in [0.4, 0.5) is 0 Å². The van der Waals surface area contributed by atoms with Crippen molar-refractivity contribution in [3.05, 3.63) is 22.9 Å². The Bertz CT molecular complexity index is 396. The maximum Gasteiger partial charge on any atom is 0.328 e. The van der Waals surface area contributed by atoms with Gasteiger partial charge in [-0.25, -0.2) is 4.79 Å². The Morgan fingerprint density at radius 1 is 1.53 bits per heavy atom. The average Bonchev–Trinajstić information content (AvgIpc) is 2.50. The van der Waals surface area contributed by atoms with E-state index in [0.29, 0.717) is 6.54 Å². The monoisotopic (exact) mass is 232 g/mol. The fraction of sp³-hybridized carbons (Fsp3) is 0.556. The predicted molar refractivity (Wildman–Crippen MR) is 56.3 cm³/mol. The van der Waals surface area contributed by atoms with Gasteiger partial charge in [0.2, 0.25) is 0 Å². The van der Waals surface area contributed by atoms with E-state index in [1.807, 2.05) is 6.92 Å². The summed E-state index contributed by atoms with van der Waals surface area (Å²) in [6, 6.07) is 0. The summed E-state index contributed by atoms with van der Waals surface area (Å²) in [5.41, 5.74) is -0.219. The Morgan fingerprint density at radius 2 is 2.13 bits per heavy atom. The van der Waals surface area contributed by atoms with Crippen molar-refractivity contribution in [2.45, 2.75) is 31.8 Å². The van der Waals surface area contributed by atoms with Gasteiger partial charge in [0.25, 0.3) is 0 Å². The molecule has 1 unspecified atom stereocenters. The van der Waals surface area contributed by atoms with E-state index in [4.69, 9.17) is 16.7 Å². The summed E-state index contributed by atoms with van der Waals surface area (Å²) in [4.78, 5) is 22.1. The number of carbonyl (C=O) groups is 1. The van der Waals surface area contributed by atoms with Gasteiger partial charge in [-0.2, -0.15) is 0 Å². The lowest BCUT2D eigenvalue weighted by Crippen LogP contribution is -2.29. The van der Waals surface area contributed by atoms with Crippen molar-refractivity contribution in [2.24, 2.45) is 0 Å². The molecule has 0 aromatic carbocycles. The Kier molecular flexibility index (Phi) is 3.96. The molecule has 0 fully saturated rings. The van der Waals surface area contributed by atoms with Crippen LogP contribution in [0.5, 0.6) is 0 Å². The molecule has 0 bridgehead atoms. The van der Waals surface area contributed by atoms with E-state index in [1.165, 1.54) is 9.13 Å². The second-order valence-electron chi connectivity index (χ2n) is 3.23. The molecular formula is C9H13ClN2O3. The van der Waals surface area contributed by atoms with Gasteiger partial charge in [-0.05, 0) is 6.42 Å². The summed E-state index contributed by atoms with van der Waals surface area (Å²) in [5, 5.41) is 7.52. The number of aromatic nitrogens is 2. The first-order valence-electron chi connectivity index (χ1n) is 4.68. The number of carboxylic acid groups (broad SMARTS) is 1. The molecule has 0 radical (unpaired) electrons. The summed E-state index contributed by atoms with van der Waals surface area (Å²) in [5.74, 6) is -1.12. The molecule has 0 amide bonds. The first-order valence-corrected chi connectivity index (χ1v) is 5.12. The largest absolute Gasteiger partial charge is 0.480 e. The third-order valence-corrected chi connectivity index (χ3v) is 2.33. The maximum atomic E-state index is 11.6. The molecule has 0 spiro atoms. The fourth-order valence-electron chi connectivity index (χ4n) is 1.25. The normalized spacial score (nSPS) is 12.7. The Morgan fingerprint density at radius 3 is 2.67 bits per heavy atom. The van der Waals surface area contributed by atoms with Crippen LogP contribution < -0.4 is 5.69 Å². The van der Waals surface area contributed by atoms with Gasteiger partial charge >= 0.3 is 11.7 Å². The third-order valence-electron chi connectivity index (χ3n) is 2.01. The number of nitrogens with zero attached hydrogens (tertiary/aromatic N) is 2. The minimum absolute atomic E-state index is 0.00750. The highest BCUT2D eigenvalue weighted by atomic mass is 35.5. The van der Waals surface area contributed by atoms with Gasteiger partial charge in [-0.1, -0.05) is 6.92 Å². The zero-order valence-corrected chi connectivity index (χ0v) is 9.15. The standard InChI is InChI=1S/C9H13ClN2O3/c1-2-3-11-4-5-12(9(11)15)6-7(10)8(13)14/h4-5,7H,2-3,6H2,1H3,(H,13,14). The molecule has 1 heterocycles. The second kappa shape index (κ2) is 5.02. The van der Waals surface area contributed by atoms with Crippen LogP contribution in [0.3, 0.4) is 0 Å². The van der Waals surface area contributed by atoms with Crippen molar-refractivity contribution >= 4 is 17.6 Å². The molecule has 15 heavy (non-hydrogen) atoms. The van der Waals surface area contributed by atoms with E-state index in [0.717, 1.165) is 6.42 Å². The molecule has 0 saturated carbocycles. The zero-order chi connectivity index (χ0) is 11.4. The second-order valence-corrected chi connectivity index (χ2v) is 3.76. The number of halogens is 1. The van der Waals surface area contributed by atoms with Crippen LogP contribution in [-0.4, -0.2) is 25.6 Å². The molecule has 1 atom stereocenters. The minimum Gasteiger partial charge on any atom is -0.480 e. The van der Waals surface area contributed by atoms with Gasteiger partial charge in [-0.15, -0.1) is 11.6 Å². The van der Waals surface area contributed by atoms with E-state index in [1.54, 1.807) is 12.4 Å². The molecule has 1 rings (SSSR count). The highest BCUT2D eigenvalue weighted by Crippen LogP contribution is 1.99. The number of alkyl halides is 1. The molecule has 6 heteroatoms. The number of rotatable bonds is 5. The zero-order valence-electron chi connectivity index (χ0n) is 8.39. The van der Waals surface area contributed by atoms with Gasteiger partial charge in [-0.3, -0.25) is 13.9 Å². The van der Waals surface area contributed by atoms with Gasteiger partial charge < -0.3 is 5.11 Å². The number of aryl methyl sites for hydroxylation is 1. The predicted octanol–water partition coefficient (Wildman–Crippen LogP) is 0.752. The number of aliphatic carboxylic acids is 1. The highest BCUT2D eigenvalue weighted by molar-refractivity contribution is 6.29. The number of hydrogen-bond donors (Lipinski definition) is 1. The third kappa shape index (κ3) is 2.86. The van der Waals surface area contributed by atoms with Gasteiger partial charge in [0.1, 0.15) is 5.38 Å². The van der Waals surface area contributed by atoms with Crippen molar-refractivity contribution in [2.75, 3.05) is 0 Å². The summed E-state index contributed by atoms with van der Waals surface area (Å²) in [6.45, 7) is 2.59. The molecule has 5 nitrogen and oxygen atoms in total. The van der Waals surface area contributed by atoms with Crippen LogP contribution in [0.1, 0.15) is 13.3 Å². The first kappa shape index (κ1) is 11.8. The molecule has 1 N–H and O–H groups in total. The van der Waals surface area contributed by atoms with Crippen LogP contribution in [0, 0.1) is 0 Å². The molecular weight excluding hydrogens is 220 g/mol. The molecule has 84 valence electrons. The van der Waals surface area contributed by atoms with Crippen LogP contribution >= 0.6 is 11.6 Å². The van der Waals surface area contributed by atoms with Crippen molar-refractivity contribution in [1.82, 2.24) is 9.13 Å². The van der Waals surface area contributed by atoms with Crippen molar-refractivity contribution in [3.8, 4) is 0 Å². The van der Waals surface area contributed by atoms with Crippen molar-refractivity contribution in [1.29, 1.82) is 0 Å². The van der Waals surface area contributed by atoms with E-state index < -0.39 is 11.3 Å². The number of carboxylic acids is 1. The molecule has 0 saturated heterocycles. The Balaban J connectivity index is 2.79. The molecule has 1 aromatic rings. The lowest BCUT2D eigenvalue weighted by molar-refractivity contribution is -0.136. The highest BCUT2D eigenvalue weighted by Gasteiger charge is 2.15. The Hall–Kier alpha value is -1.23. The van der Waals surface area contributed by atoms with Crippen LogP contribution in [0.2, 0.25) is 0 Å². The van der Waals surface area contributed by atoms with Crippen molar-refractivity contribution in [3.63, 3.8) is 0 Å². The summed E-state index contributed by atoms with van der Waals surface area (Å²) in [6.07, 6.45) is 4.04. The van der Waals surface area contributed by atoms with Crippen molar-refractivity contribution < 1.29 is 9.90 Å². The SMILES string of the molecule is CCCn1ccn(CC(Cl)C(=O)O)c1=O. The van der Waals surface area contributed by atoms with Gasteiger partial charge in [0.05, 0.1) is 6.54 Å². The summed E-state index contributed by atoms with van der Waals surface area (Å²) < 4.78 is 2.84. The quantitative estimate of drug-likeness (QED) is 0.762. The summed E-state index contributed by atoms with van der Waals surface area (Å²) >= 11 is 5.54. The number of imidazole rings is 1. The van der Waals surface area contributed by atoms with E-state index >= 15 is 0 Å². The number of hydrogen-bond acceptors (Lipinski definition) is 2. The van der Waals surface area contributed by atoms with E-state index in [9.17, 15) is 9.59 Å². The smallest absolute Gasteiger partial charge is 0.328 e. The van der Waals surface area contributed by atoms with Crippen LogP contribution in [-0.2, 0) is 17.9 Å². The summed E-state index contributed by atoms with van der Waals surface area (Å²) in [7, 11) is 0. The van der Waals surface area contributed by atoms with E-state index in [-0.39, 0.29) is 12.2 Å². The topological polar surface area (TPSA) is 64.2 Å². The fourth-order valence-corrected chi connectivity index (χ4v) is 1.40. The first-order chi connectivity index (χ1) is 7.06. The maximum absolute atomic E-state index is 11.6. The molecule has 1 aromatic heterocycles. The average molecular weight is 233 g/mol. The molecule has 0 aliphatic carbocycles. The molecule has 0 aliphatic heterocycles. The lowest BCUT2D eigenvalue weighted by atomic mass is 10.4. The Labute approximate surface area is 91.9 Å². The van der Waals surface area contributed by atoms with Crippen LogP contribution in [0.25, 0.3) is 0 Å². The van der Waals surface area contributed by atoms with E-state index in [2.05, 4.69) is 0 Å². The minimum atomic E-state index is -1.12. The van der Waals surface area contributed by atoms with Crippen LogP contribution in [0.15, 0.2) is 17.2 Å². The molecule has 0 aliphatic rings. The lowest BCUT2D eigenvalue weighted by Gasteiger charge is -2.03. The van der Waals surface area contributed by atoms with Gasteiger partial charge in [0, 0.05) is 18.9 Å². The van der Waals surface area contributed by atoms with Gasteiger partial charge in [0.15, 0.2) is 0 Å².